The SMILES string of the molecule is CSC1CCCCC1Nc1cn[nH]c(=O)c1Cl. The Hall–Kier alpha value is -0.680. The van der Waals surface area contributed by atoms with Gasteiger partial charge in [0.05, 0.1) is 11.9 Å². The lowest BCUT2D eigenvalue weighted by Gasteiger charge is -2.31. The molecule has 2 rings (SSSR count). The second kappa shape index (κ2) is 5.78. The lowest BCUT2D eigenvalue weighted by atomic mass is 9.95. The van der Waals surface area contributed by atoms with Gasteiger partial charge in [-0.2, -0.15) is 16.9 Å². The summed E-state index contributed by atoms with van der Waals surface area (Å²) < 4.78 is 0. The van der Waals surface area contributed by atoms with Crippen LogP contribution in [-0.4, -0.2) is 27.7 Å². The van der Waals surface area contributed by atoms with Crippen LogP contribution in [0.25, 0.3) is 0 Å². The molecule has 1 fully saturated rings. The van der Waals surface area contributed by atoms with Crippen LogP contribution < -0.4 is 10.9 Å². The van der Waals surface area contributed by atoms with Gasteiger partial charge in [0.15, 0.2) is 0 Å². The number of aromatic nitrogens is 2. The Kier molecular flexibility index (Phi) is 4.34. The van der Waals surface area contributed by atoms with E-state index in [0.29, 0.717) is 17.0 Å². The van der Waals surface area contributed by atoms with Crippen molar-refractivity contribution in [2.45, 2.75) is 37.0 Å². The zero-order chi connectivity index (χ0) is 12.3. The van der Waals surface area contributed by atoms with Crippen LogP contribution in [0.2, 0.25) is 5.02 Å². The maximum Gasteiger partial charge on any atom is 0.285 e. The molecule has 2 unspecified atom stereocenters. The predicted molar refractivity (Wildman–Crippen MR) is 73.0 cm³/mol. The van der Waals surface area contributed by atoms with E-state index in [0.717, 1.165) is 6.42 Å². The molecule has 0 saturated heterocycles. The largest absolute Gasteiger partial charge is 0.379 e. The average molecular weight is 274 g/mol. The van der Waals surface area contributed by atoms with E-state index >= 15 is 0 Å². The Balaban J connectivity index is 2.13. The third-order valence-corrected chi connectivity index (χ3v) is 4.69. The molecule has 0 bridgehead atoms. The lowest BCUT2D eigenvalue weighted by Crippen LogP contribution is -2.34. The van der Waals surface area contributed by atoms with Gasteiger partial charge in [-0.3, -0.25) is 4.79 Å². The predicted octanol–water partition coefficient (Wildman–Crippen LogP) is 2.51. The van der Waals surface area contributed by atoms with Crippen molar-refractivity contribution in [1.82, 2.24) is 10.2 Å². The summed E-state index contributed by atoms with van der Waals surface area (Å²) in [4.78, 5) is 11.3. The number of halogens is 1. The van der Waals surface area contributed by atoms with E-state index < -0.39 is 0 Å². The molecule has 0 spiro atoms. The average Bonchev–Trinajstić information content (AvgIpc) is 2.35. The van der Waals surface area contributed by atoms with Crippen LogP contribution >= 0.6 is 23.4 Å². The number of hydrogen-bond donors (Lipinski definition) is 2. The van der Waals surface area contributed by atoms with E-state index in [4.69, 9.17) is 11.6 Å². The van der Waals surface area contributed by atoms with Crippen molar-refractivity contribution in [3.63, 3.8) is 0 Å². The molecule has 6 heteroatoms. The Morgan fingerprint density at radius 1 is 1.53 bits per heavy atom. The number of H-pyrrole nitrogens is 1. The molecule has 0 aromatic carbocycles. The molecule has 2 N–H and O–H groups in total. The summed E-state index contributed by atoms with van der Waals surface area (Å²) in [6, 6.07) is 0.375. The smallest absolute Gasteiger partial charge is 0.285 e. The summed E-state index contributed by atoms with van der Waals surface area (Å²) in [5, 5.41) is 10.2. The van der Waals surface area contributed by atoms with E-state index in [1.165, 1.54) is 19.3 Å². The summed E-state index contributed by atoms with van der Waals surface area (Å²) in [6.07, 6.45) is 8.55. The maximum atomic E-state index is 11.3. The van der Waals surface area contributed by atoms with Gasteiger partial charge in [0.25, 0.3) is 5.56 Å². The van der Waals surface area contributed by atoms with Crippen molar-refractivity contribution in [2.75, 3.05) is 11.6 Å². The number of hydrogen-bond acceptors (Lipinski definition) is 4. The molecule has 0 aliphatic heterocycles. The van der Waals surface area contributed by atoms with Crippen molar-refractivity contribution in [2.24, 2.45) is 0 Å². The van der Waals surface area contributed by atoms with Gasteiger partial charge in [-0.25, -0.2) is 5.10 Å². The standard InChI is InChI=1S/C11H16ClN3OS/c1-17-9-5-3-2-4-7(9)14-8-6-13-15-11(16)10(8)12/h6-7,9H,2-5H2,1H3,(H2,14,15,16). The first kappa shape index (κ1) is 12.8. The molecule has 1 heterocycles. The third kappa shape index (κ3) is 2.96. The van der Waals surface area contributed by atoms with Crippen LogP contribution in [0.4, 0.5) is 5.69 Å². The molecule has 0 amide bonds. The van der Waals surface area contributed by atoms with Crippen LogP contribution in [0.5, 0.6) is 0 Å². The van der Waals surface area contributed by atoms with Gasteiger partial charge in [-0.15, -0.1) is 0 Å². The fraction of sp³-hybridized carbons (Fsp3) is 0.636. The van der Waals surface area contributed by atoms with E-state index in [9.17, 15) is 4.79 Å². The zero-order valence-electron chi connectivity index (χ0n) is 9.70. The number of nitrogens with one attached hydrogen (secondary N) is 2. The summed E-state index contributed by atoms with van der Waals surface area (Å²) in [7, 11) is 0. The molecule has 4 nitrogen and oxygen atoms in total. The molecular weight excluding hydrogens is 258 g/mol. The van der Waals surface area contributed by atoms with Crippen LogP contribution in [-0.2, 0) is 0 Å². The number of aromatic amines is 1. The summed E-state index contributed by atoms with van der Waals surface area (Å²) in [6.45, 7) is 0. The normalized spacial score (nSPS) is 24.6. The Morgan fingerprint density at radius 3 is 3.06 bits per heavy atom. The van der Waals surface area contributed by atoms with E-state index in [-0.39, 0.29) is 10.6 Å². The van der Waals surface area contributed by atoms with E-state index in [1.807, 2.05) is 11.8 Å². The molecule has 2 atom stereocenters. The number of thioether (sulfide) groups is 1. The highest BCUT2D eigenvalue weighted by molar-refractivity contribution is 7.99. The zero-order valence-corrected chi connectivity index (χ0v) is 11.3. The summed E-state index contributed by atoms with van der Waals surface area (Å²) in [5.41, 5.74) is 0.301. The Bertz CT molecular complexity index is 437. The van der Waals surface area contributed by atoms with Gasteiger partial charge in [-0.05, 0) is 19.1 Å². The molecular formula is C11H16ClN3OS. The fourth-order valence-electron chi connectivity index (χ4n) is 2.23. The van der Waals surface area contributed by atoms with Crippen LogP contribution in [0.1, 0.15) is 25.7 Å². The first-order chi connectivity index (χ1) is 8.22. The van der Waals surface area contributed by atoms with Crippen molar-refractivity contribution < 1.29 is 0 Å². The fourth-order valence-corrected chi connectivity index (χ4v) is 3.31. The van der Waals surface area contributed by atoms with Gasteiger partial charge < -0.3 is 5.32 Å². The van der Waals surface area contributed by atoms with Crippen molar-refractivity contribution >= 4 is 29.1 Å². The molecule has 1 aliphatic rings. The number of anilines is 1. The van der Waals surface area contributed by atoms with Crippen LogP contribution in [0.15, 0.2) is 11.0 Å². The van der Waals surface area contributed by atoms with E-state index in [1.54, 1.807) is 6.20 Å². The Labute approximate surface area is 110 Å². The molecule has 94 valence electrons. The van der Waals surface area contributed by atoms with E-state index in [2.05, 4.69) is 21.8 Å². The Morgan fingerprint density at radius 2 is 2.29 bits per heavy atom. The molecule has 0 radical (unpaired) electrons. The topological polar surface area (TPSA) is 57.8 Å². The summed E-state index contributed by atoms with van der Waals surface area (Å²) in [5.74, 6) is 0. The summed E-state index contributed by atoms with van der Waals surface area (Å²) >= 11 is 7.82. The number of nitrogens with zero attached hydrogens (tertiary/aromatic N) is 1. The van der Waals surface area contributed by atoms with Crippen LogP contribution in [0, 0.1) is 0 Å². The minimum Gasteiger partial charge on any atom is -0.379 e. The van der Waals surface area contributed by atoms with Crippen molar-refractivity contribution in [3.05, 3.63) is 21.6 Å². The first-order valence-corrected chi connectivity index (χ1v) is 7.41. The van der Waals surface area contributed by atoms with Gasteiger partial charge >= 0.3 is 0 Å². The highest BCUT2D eigenvalue weighted by Gasteiger charge is 2.24. The highest BCUT2D eigenvalue weighted by Crippen LogP contribution is 2.30. The van der Waals surface area contributed by atoms with Crippen molar-refractivity contribution in [1.29, 1.82) is 0 Å². The molecule has 1 saturated carbocycles. The minimum atomic E-state index is -0.340. The van der Waals surface area contributed by atoms with Crippen LogP contribution in [0.3, 0.4) is 0 Å². The lowest BCUT2D eigenvalue weighted by molar-refractivity contribution is 0.475. The third-order valence-electron chi connectivity index (χ3n) is 3.14. The second-order valence-electron chi connectivity index (χ2n) is 4.24. The van der Waals surface area contributed by atoms with Crippen molar-refractivity contribution in [3.8, 4) is 0 Å². The maximum absolute atomic E-state index is 11.3. The molecule has 17 heavy (non-hydrogen) atoms. The number of rotatable bonds is 3. The second-order valence-corrected chi connectivity index (χ2v) is 5.69. The quantitative estimate of drug-likeness (QED) is 0.888. The molecule has 1 aromatic rings. The highest BCUT2D eigenvalue weighted by atomic mass is 35.5. The first-order valence-electron chi connectivity index (χ1n) is 5.75. The minimum absolute atomic E-state index is 0.199. The van der Waals surface area contributed by atoms with Gasteiger partial charge in [0.1, 0.15) is 5.02 Å². The molecule has 1 aromatic heterocycles. The van der Waals surface area contributed by atoms with Gasteiger partial charge in [-0.1, -0.05) is 24.4 Å². The van der Waals surface area contributed by atoms with Gasteiger partial charge in [0, 0.05) is 11.3 Å². The van der Waals surface area contributed by atoms with Gasteiger partial charge in [0.2, 0.25) is 0 Å². The molecule has 1 aliphatic carbocycles. The monoisotopic (exact) mass is 273 g/mol.